The van der Waals surface area contributed by atoms with Crippen LogP contribution >= 0.6 is 12.6 Å². The van der Waals surface area contributed by atoms with Crippen LogP contribution in [0.2, 0.25) is 0 Å². The highest BCUT2D eigenvalue weighted by Crippen LogP contribution is 1.84. The minimum absolute atomic E-state index is 0.199. The van der Waals surface area contributed by atoms with E-state index in [9.17, 15) is 9.59 Å². The molecular formula is C7H15NO3S. The van der Waals surface area contributed by atoms with Crippen molar-refractivity contribution in [2.75, 3.05) is 12.9 Å². The minimum atomic E-state index is -0.245. The number of ether oxygens (including phenoxy) is 1. The van der Waals surface area contributed by atoms with Crippen LogP contribution in [0.3, 0.4) is 0 Å². The molecule has 12 heavy (non-hydrogen) atoms. The lowest BCUT2D eigenvalue weighted by Crippen LogP contribution is -2.06. The smallest absolute Gasteiger partial charge is 0.306 e. The lowest BCUT2D eigenvalue weighted by atomic mass is 10.5. The molecule has 0 bridgehead atoms. The van der Waals surface area contributed by atoms with E-state index in [1.54, 1.807) is 6.92 Å². The van der Waals surface area contributed by atoms with Gasteiger partial charge in [0.2, 0.25) is 5.91 Å². The largest absolute Gasteiger partial charge is 0.469 e. The van der Waals surface area contributed by atoms with Crippen LogP contribution in [0, 0.1) is 0 Å². The standard InChI is InChI=1S/C4H8O2S.C3H7NO/c1-6-4(5)2-3-7;1-2-3(4)5/h7H,2-3H2,1H3;2H2,1H3,(H2,4,5). The van der Waals surface area contributed by atoms with Gasteiger partial charge in [0.15, 0.2) is 0 Å². The number of hydrogen-bond acceptors (Lipinski definition) is 4. The van der Waals surface area contributed by atoms with Gasteiger partial charge in [-0.1, -0.05) is 6.92 Å². The summed E-state index contributed by atoms with van der Waals surface area (Å²) >= 11 is 3.81. The van der Waals surface area contributed by atoms with Crippen molar-refractivity contribution in [3.05, 3.63) is 0 Å². The van der Waals surface area contributed by atoms with Crippen molar-refractivity contribution in [3.8, 4) is 0 Å². The Morgan fingerprint density at radius 1 is 1.50 bits per heavy atom. The highest BCUT2D eigenvalue weighted by atomic mass is 32.1. The van der Waals surface area contributed by atoms with E-state index in [0.717, 1.165) is 0 Å². The number of thiol groups is 1. The maximum absolute atomic E-state index is 10.1. The third kappa shape index (κ3) is 16.1. The Hall–Kier alpha value is -0.710. The Morgan fingerprint density at radius 2 is 1.92 bits per heavy atom. The van der Waals surface area contributed by atoms with Crippen molar-refractivity contribution >= 4 is 24.5 Å². The van der Waals surface area contributed by atoms with E-state index in [-0.39, 0.29) is 11.9 Å². The molecule has 2 N–H and O–H groups in total. The number of esters is 1. The van der Waals surface area contributed by atoms with Gasteiger partial charge in [0.1, 0.15) is 0 Å². The Balaban J connectivity index is 0. The van der Waals surface area contributed by atoms with Crippen molar-refractivity contribution in [2.45, 2.75) is 19.8 Å². The first kappa shape index (κ1) is 13.9. The number of nitrogens with two attached hydrogens (primary N) is 1. The van der Waals surface area contributed by atoms with E-state index in [1.807, 2.05) is 0 Å². The molecule has 0 rings (SSSR count). The first-order valence-electron chi connectivity index (χ1n) is 3.54. The molecule has 0 spiro atoms. The summed E-state index contributed by atoms with van der Waals surface area (Å²) < 4.78 is 4.30. The Labute approximate surface area is 77.9 Å². The molecule has 0 heterocycles. The third-order valence-corrected chi connectivity index (χ3v) is 1.12. The fourth-order valence-electron chi connectivity index (χ4n) is 0.193. The zero-order valence-corrected chi connectivity index (χ0v) is 8.27. The van der Waals surface area contributed by atoms with Crippen LogP contribution in [-0.4, -0.2) is 24.7 Å². The van der Waals surface area contributed by atoms with Crippen molar-refractivity contribution in [1.29, 1.82) is 0 Å². The number of primary amides is 1. The second-order valence-corrected chi connectivity index (χ2v) is 2.32. The van der Waals surface area contributed by atoms with Crippen LogP contribution in [0.4, 0.5) is 0 Å². The van der Waals surface area contributed by atoms with E-state index < -0.39 is 0 Å². The van der Waals surface area contributed by atoms with Crippen molar-refractivity contribution in [3.63, 3.8) is 0 Å². The molecule has 0 radical (unpaired) electrons. The van der Waals surface area contributed by atoms with Crippen LogP contribution in [0.15, 0.2) is 0 Å². The van der Waals surface area contributed by atoms with Gasteiger partial charge in [-0.2, -0.15) is 12.6 Å². The fourth-order valence-corrected chi connectivity index (χ4v) is 0.376. The molecule has 0 aliphatic rings. The topological polar surface area (TPSA) is 69.4 Å². The first-order valence-corrected chi connectivity index (χ1v) is 4.17. The van der Waals surface area contributed by atoms with Crippen LogP contribution in [-0.2, 0) is 14.3 Å². The summed E-state index contributed by atoms with van der Waals surface area (Å²) in [6.07, 6.45) is 0.847. The molecule has 72 valence electrons. The number of methoxy groups -OCH3 is 1. The summed E-state index contributed by atoms with van der Waals surface area (Å²) in [5, 5.41) is 0. The molecule has 0 atom stereocenters. The van der Waals surface area contributed by atoms with Gasteiger partial charge in [-0.15, -0.1) is 0 Å². The zero-order chi connectivity index (χ0) is 9.98. The molecule has 1 amide bonds. The molecule has 4 nitrogen and oxygen atoms in total. The molecule has 0 aromatic carbocycles. The summed E-state index contributed by atoms with van der Waals surface area (Å²) in [4.78, 5) is 19.7. The lowest BCUT2D eigenvalue weighted by molar-refractivity contribution is -0.140. The van der Waals surface area contributed by atoms with Crippen molar-refractivity contribution in [2.24, 2.45) is 5.73 Å². The molecule has 0 saturated heterocycles. The maximum atomic E-state index is 10.1. The van der Waals surface area contributed by atoms with Crippen LogP contribution in [0.25, 0.3) is 0 Å². The predicted molar refractivity (Wildman–Crippen MR) is 50.0 cm³/mol. The van der Waals surface area contributed by atoms with Crippen molar-refractivity contribution in [1.82, 2.24) is 0 Å². The monoisotopic (exact) mass is 193 g/mol. The summed E-state index contributed by atoms with van der Waals surface area (Å²) in [5.41, 5.74) is 4.65. The molecule has 0 saturated carbocycles. The number of carbonyl (C=O) groups excluding carboxylic acids is 2. The second-order valence-electron chi connectivity index (χ2n) is 1.87. The summed E-state index contributed by atoms with van der Waals surface area (Å²) in [5.74, 6) is 0.118. The summed E-state index contributed by atoms with van der Waals surface area (Å²) in [6, 6.07) is 0. The van der Waals surface area contributed by atoms with E-state index in [4.69, 9.17) is 0 Å². The molecule has 0 aromatic heterocycles. The van der Waals surface area contributed by atoms with E-state index >= 15 is 0 Å². The van der Waals surface area contributed by atoms with E-state index in [0.29, 0.717) is 18.6 Å². The van der Waals surface area contributed by atoms with Gasteiger partial charge in [-0.25, -0.2) is 0 Å². The molecule has 5 heteroatoms. The maximum Gasteiger partial charge on any atom is 0.306 e. The predicted octanol–water partition coefficient (Wildman–Crippen LogP) is 0.361. The Bertz CT molecular complexity index is 139. The number of amides is 1. The van der Waals surface area contributed by atoms with Crippen molar-refractivity contribution < 1.29 is 14.3 Å². The van der Waals surface area contributed by atoms with E-state index in [1.165, 1.54) is 7.11 Å². The molecule has 0 aromatic rings. The van der Waals surface area contributed by atoms with Crippen LogP contribution in [0.1, 0.15) is 19.8 Å². The molecule has 0 fully saturated rings. The van der Waals surface area contributed by atoms with Crippen LogP contribution in [0.5, 0.6) is 0 Å². The fraction of sp³-hybridized carbons (Fsp3) is 0.714. The summed E-state index contributed by atoms with van der Waals surface area (Å²) in [6.45, 7) is 1.72. The van der Waals surface area contributed by atoms with Gasteiger partial charge in [0.25, 0.3) is 0 Å². The van der Waals surface area contributed by atoms with Gasteiger partial charge in [0, 0.05) is 12.2 Å². The average Bonchev–Trinajstić information content (AvgIpc) is 2.06. The molecular weight excluding hydrogens is 178 g/mol. The highest BCUT2D eigenvalue weighted by molar-refractivity contribution is 7.80. The van der Waals surface area contributed by atoms with Gasteiger partial charge in [-0.05, 0) is 0 Å². The number of carbonyl (C=O) groups is 2. The van der Waals surface area contributed by atoms with E-state index in [2.05, 4.69) is 23.1 Å². The molecule has 0 aliphatic carbocycles. The Morgan fingerprint density at radius 3 is 2.00 bits per heavy atom. The lowest BCUT2D eigenvalue weighted by Gasteiger charge is -1.90. The number of hydrogen-bond donors (Lipinski definition) is 2. The van der Waals surface area contributed by atoms with Gasteiger partial charge in [0.05, 0.1) is 13.5 Å². The van der Waals surface area contributed by atoms with Gasteiger partial charge < -0.3 is 10.5 Å². The summed E-state index contributed by atoms with van der Waals surface area (Å²) in [7, 11) is 1.37. The zero-order valence-electron chi connectivity index (χ0n) is 7.37. The van der Waals surface area contributed by atoms with Crippen LogP contribution < -0.4 is 5.73 Å². The normalized spacial score (nSPS) is 7.92. The minimum Gasteiger partial charge on any atom is -0.469 e. The Kier molecular flexibility index (Phi) is 11.9. The SMILES string of the molecule is CCC(N)=O.COC(=O)CCS. The highest BCUT2D eigenvalue weighted by Gasteiger charge is 1.93. The first-order chi connectivity index (χ1) is 5.58. The average molecular weight is 193 g/mol. The molecule has 0 unspecified atom stereocenters. The van der Waals surface area contributed by atoms with Gasteiger partial charge in [-0.3, -0.25) is 9.59 Å². The quantitative estimate of drug-likeness (QED) is 0.502. The number of rotatable bonds is 3. The third-order valence-electron chi connectivity index (χ3n) is 0.892. The van der Waals surface area contributed by atoms with Gasteiger partial charge >= 0.3 is 5.97 Å². The second kappa shape index (κ2) is 10.3. The molecule has 0 aliphatic heterocycles.